The fraction of sp³-hybridized carbons (Fsp3) is 0.438. The third-order valence-corrected chi connectivity index (χ3v) is 3.54. The molecule has 0 spiro atoms. The van der Waals surface area contributed by atoms with Crippen LogP contribution in [0.15, 0.2) is 24.3 Å². The summed E-state index contributed by atoms with van der Waals surface area (Å²) in [6.45, 7) is 4.27. The minimum atomic E-state index is -0.0160. The zero-order chi connectivity index (χ0) is 14.4. The van der Waals surface area contributed by atoms with Gasteiger partial charge in [0, 0.05) is 24.3 Å². The summed E-state index contributed by atoms with van der Waals surface area (Å²) in [4.78, 5) is 14.0. The highest BCUT2D eigenvalue weighted by Crippen LogP contribution is 2.17. The Hall–Kier alpha value is -1.99. The number of nitrogens with zero attached hydrogens (tertiary/aromatic N) is 1. The summed E-state index contributed by atoms with van der Waals surface area (Å²) in [5.41, 5.74) is 7.03. The molecule has 2 amide bonds. The molecule has 0 radical (unpaired) electrons. The van der Waals surface area contributed by atoms with E-state index in [1.807, 2.05) is 29.2 Å². The summed E-state index contributed by atoms with van der Waals surface area (Å²) in [7, 11) is 0. The predicted molar refractivity (Wildman–Crippen MR) is 81.4 cm³/mol. The average molecular weight is 271 g/mol. The van der Waals surface area contributed by atoms with Crippen LogP contribution in [0.25, 0.3) is 0 Å². The smallest absolute Gasteiger partial charge is 0.321 e. The lowest BCUT2D eigenvalue weighted by atomic mass is 10.00. The Morgan fingerprint density at radius 1 is 1.35 bits per heavy atom. The molecule has 2 rings (SSSR count). The van der Waals surface area contributed by atoms with E-state index in [-0.39, 0.29) is 6.03 Å². The summed E-state index contributed by atoms with van der Waals surface area (Å²) in [6.07, 6.45) is 2.17. The Labute approximate surface area is 120 Å². The molecule has 1 saturated heterocycles. The predicted octanol–water partition coefficient (Wildman–Crippen LogP) is 2.26. The average Bonchev–Trinajstić information content (AvgIpc) is 2.47. The Bertz CT molecular complexity index is 505. The van der Waals surface area contributed by atoms with Gasteiger partial charge in [0.1, 0.15) is 0 Å². The molecule has 0 atom stereocenters. The summed E-state index contributed by atoms with van der Waals surface area (Å²) in [6, 6.07) is 7.49. The number of benzene rings is 1. The molecule has 3 N–H and O–H groups in total. The van der Waals surface area contributed by atoms with Crippen molar-refractivity contribution in [3.05, 3.63) is 29.8 Å². The van der Waals surface area contributed by atoms with Gasteiger partial charge in [-0.25, -0.2) is 4.79 Å². The van der Waals surface area contributed by atoms with Crippen molar-refractivity contribution < 1.29 is 4.79 Å². The van der Waals surface area contributed by atoms with Crippen molar-refractivity contribution in [2.24, 2.45) is 11.7 Å². The molecule has 1 fully saturated rings. The van der Waals surface area contributed by atoms with Crippen LogP contribution in [-0.2, 0) is 0 Å². The summed E-state index contributed by atoms with van der Waals surface area (Å²) in [5, 5.41) is 2.92. The number of likely N-dealkylation sites (tertiary alicyclic amines) is 1. The van der Waals surface area contributed by atoms with E-state index in [9.17, 15) is 4.79 Å². The number of hydrogen-bond acceptors (Lipinski definition) is 2. The number of carbonyl (C=O) groups excluding carboxylic acids is 1. The van der Waals surface area contributed by atoms with E-state index in [1.54, 1.807) is 0 Å². The van der Waals surface area contributed by atoms with Crippen LogP contribution in [0.2, 0.25) is 0 Å². The van der Waals surface area contributed by atoms with E-state index >= 15 is 0 Å². The minimum Gasteiger partial charge on any atom is -0.325 e. The van der Waals surface area contributed by atoms with Crippen LogP contribution in [0.5, 0.6) is 0 Å². The maximum atomic E-state index is 12.1. The lowest BCUT2D eigenvalue weighted by molar-refractivity contribution is 0.186. The number of amides is 2. The first-order valence-corrected chi connectivity index (χ1v) is 7.04. The van der Waals surface area contributed by atoms with Gasteiger partial charge in [-0.05, 0) is 43.0 Å². The lowest BCUT2D eigenvalue weighted by Crippen LogP contribution is -2.40. The first kappa shape index (κ1) is 14.4. The maximum Gasteiger partial charge on any atom is 0.321 e. The van der Waals surface area contributed by atoms with E-state index < -0.39 is 0 Å². The largest absolute Gasteiger partial charge is 0.325 e. The number of nitrogens with two attached hydrogens (primary N) is 1. The molecule has 0 unspecified atom stereocenters. The first-order chi connectivity index (χ1) is 9.69. The van der Waals surface area contributed by atoms with Gasteiger partial charge in [-0.15, -0.1) is 0 Å². The first-order valence-electron chi connectivity index (χ1n) is 7.04. The van der Waals surface area contributed by atoms with Gasteiger partial charge < -0.3 is 16.0 Å². The van der Waals surface area contributed by atoms with Crippen LogP contribution >= 0.6 is 0 Å². The second-order valence-electron chi connectivity index (χ2n) is 5.18. The molecule has 1 aromatic rings. The van der Waals surface area contributed by atoms with Gasteiger partial charge in [0.2, 0.25) is 0 Å². The fourth-order valence-corrected chi connectivity index (χ4v) is 2.20. The van der Waals surface area contributed by atoms with Crippen LogP contribution in [0.3, 0.4) is 0 Å². The van der Waals surface area contributed by atoms with Gasteiger partial charge in [-0.3, -0.25) is 0 Å². The van der Waals surface area contributed by atoms with Crippen LogP contribution in [0.4, 0.5) is 10.5 Å². The highest BCUT2D eigenvalue weighted by molar-refractivity contribution is 5.89. The molecule has 0 bridgehead atoms. The van der Waals surface area contributed by atoms with E-state index in [0.29, 0.717) is 6.54 Å². The Morgan fingerprint density at radius 3 is 2.60 bits per heavy atom. The molecule has 1 aliphatic heterocycles. The van der Waals surface area contributed by atoms with Gasteiger partial charge in [0.05, 0.1) is 6.54 Å². The molecule has 106 valence electrons. The molecule has 0 aliphatic carbocycles. The lowest BCUT2D eigenvalue weighted by Gasteiger charge is -2.30. The minimum absolute atomic E-state index is 0.0160. The molecule has 0 saturated carbocycles. The highest BCUT2D eigenvalue weighted by Gasteiger charge is 2.19. The van der Waals surface area contributed by atoms with Gasteiger partial charge in [0.15, 0.2) is 0 Å². The fourth-order valence-electron chi connectivity index (χ4n) is 2.20. The zero-order valence-corrected chi connectivity index (χ0v) is 11.9. The highest BCUT2D eigenvalue weighted by atomic mass is 16.2. The van der Waals surface area contributed by atoms with E-state index in [0.717, 1.165) is 43.1 Å². The summed E-state index contributed by atoms with van der Waals surface area (Å²) < 4.78 is 0. The number of piperidine rings is 1. The van der Waals surface area contributed by atoms with E-state index in [4.69, 9.17) is 5.73 Å². The number of anilines is 1. The van der Waals surface area contributed by atoms with Crippen molar-refractivity contribution in [3.8, 4) is 11.8 Å². The number of carbonyl (C=O) groups is 1. The van der Waals surface area contributed by atoms with Gasteiger partial charge >= 0.3 is 6.03 Å². The second-order valence-corrected chi connectivity index (χ2v) is 5.18. The number of urea groups is 1. The van der Waals surface area contributed by atoms with Crippen molar-refractivity contribution in [3.63, 3.8) is 0 Å². The van der Waals surface area contributed by atoms with Gasteiger partial charge in [-0.2, -0.15) is 0 Å². The van der Waals surface area contributed by atoms with Crippen LogP contribution in [0.1, 0.15) is 25.3 Å². The van der Waals surface area contributed by atoms with Crippen molar-refractivity contribution in [1.82, 2.24) is 4.90 Å². The molecule has 4 heteroatoms. The molecule has 20 heavy (non-hydrogen) atoms. The molecule has 1 heterocycles. The molecular weight excluding hydrogens is 250 g/mol. The molecular formula is C16H21N3O. The van der Waals surface area contributed by atoms with Gasteiger partial charge in [-0.1, -0.05) is 18.8 Å². The zero-order valence-electron chi connectivity index (χ0n) is 11.9. The Morgan fingerprint density at radius 2 is 2.00 bits per heavy atom. The molecule has 0 aromatic heterocycles. The third-order valence-electron chi connectivity index (χ3n) is 3.54. The third kappa shape index (κ3) is 4.01. The van der Waals surface area contributed by atoms with Crippen molar-refractivity contribution in [2.75, 3.05) is 25.0 Å². The van der Waals surface area contributed by atoms with Gasteiger partial charge in [0.25, 0.3) is 0 Å². The van der Waals surface area contributed by atoms with E-state index in [1.165, 1.54) is 0 Å². The quantitative estimate of drug-likeness (QED) is 0.770. The Kier molecular flexibility index (Phi) is 5.03. The van der Waals surface area contributed by atoms with Crippen LogP contribution < -0.4 is 11.1 Å². The topological polar surface area (TPSA) is 58.4 Å². The SMILES string of the molecule is CC1CCN(C(=O)Nc2ccc(C#CCN)cc2)CC1. The van der Waals surface area contributed by atoms with E-state index in [2.05, 4.69) is 24.1 Å². The van der Waals surface area contributed by atoms with Crippen LogP contribution in [-0.4, -0.2) is 30.6 Å². The molecule has 1 aliphatic rings. The second kappa shape index (κ2) is 6.97. The van der Waals surface area contributed by atoms with Crippen molar-refractivity contribution in [1.29, 1.82) is 0 Å². The van der Waals surface area contributed by atoms with Crippen LogP contribution in [0, 0.1) is 17.8 Å². The maximum absolute atomic E-state index is 12.1. The monoisotopic (exact) mass is 271 g/mol. The molecule has 4 nitrogen and oxygen atoms in total. The Balaban J connectivity index is 1.91. The number of rotatable bonds is 1. The summed E-state index contributed by atoms with van der Waals surface area (Å²) in [5.74, 6) is 6.48. The number of hydrogen-bond donors (Lipinski definition) is 2. The normalized spacial score (nSPS) is 15.4. The van der Waals surface area contributed by atoms with Crippen molar-refractivity contribution >= 4 is 11.7 Å². The standard InChI is InChI=1S/C16H21N3O/c1-13-8-11-19(12-9-13)16(20)18-15-6-4-14(5-7-15)3-2-10-17/h4-7,13H,8-12,17H2,1H3,(H,18,20). The number of nitrogens with one attached hydrogen (secondary N) is 1. The summed E-state index contributed by atoms with van der Waals surface area (Å²) >= 11 is 0. The molecule has 1 aromatic carbocycles. The van der Waals surface area contributed by atoms with Crippen molar-refractivity contribution in [2.45, 2.75) is 19.8 Å².